The Morgan fingerprint density at radius 3 is 2.10 bits per heavy atom. The summed E-state index contributed by atoms with van der Waals surface area (Å²) < 4.78 is 0. The van der Waals surface area contributed by atoms with Crippen LogP contribution in [-0.2, 0) is 0 Å². The summed E-state index contributed by atoms with van der Waals surface area (Å²) in [6.45, 7) is 8.31. The number of carbonyl (C=O) groups excluding carboxylic acids is 1. The molecule has 0 radical (unpaired) electrons. The number of nitrogens with one attached hydrogen (secondary N) is 3. The van der Waals surface area contributed by atoms with Gasteiger partial charge in [0.25, 0.3) is 0 Å². The first kappa shape index (κ1) is 18.2. The van der Waals surface area contributed by atoms with Crippen molar-refractivity contribution in [1.82, 2.24) is 20.9 Å². The van der Waals surface area contributed by atoms with E-state index >= 15 is 0 Å². The number of carbonyl (C=O) groups is 1. The first-order valence-corrected chi connectivity index (χ1v) is 8.63. The molecule has 0 aromatic heterocycles. The standard InChI is InChI=1S/C16H34N4O/c1-4-11-20(12-5-2)13-10-18-16(21)19-15-8-6-14(17-3)7-9-15/h14-15,17H,4-13H2,1-3H3,(H2,18,19,21). The molecule has 0 bridgehead atoms. The molecule has 0 atom stereocenters. The molecule has 2 amide bonds. The fourth-order valence-electron chi connectivity index (χ4n) is 3.06. The fraction of sp³-hybridized carbons (Fsp3) is 0.938. The zero-order valence-electron chi connectivity index (χ0n) is 14.1. The largest absolute Gasteiger partial charge is 0.337 e. The molecule has 0 saturated heterocycles. The Kier molecular flexibility index (Phi) is 9.42. The zero-order valence-corrected chi connectivity index (χ0v) is 14.1. The lowest BCUT2D eigenvalue weighted by atomic mass is 9.91. The average Bonchev–Trinajstić information content (AvgIpc) is 2.48. The molecule has 1 fully saturated rings. The maximum absolute atomic E-state index is 11.9. The van der Waals surface area contributed by atoms with Crippen LogP contribution in [0, 0.1) is 0 Å². The van der Waals surface area contributed by atoms with Gasteiger partial charge in [-0.15, -0.1) is 0 Å². The van der Waals surface area contributed by atoms with Crippen molar-refractivity contribution in [2.45, 2.75) is 64.5 Å². The number of hydrogen-bond donors (Lipinski definition) is 3. The molecule has 124 valence electrons. The van der Waals surface area contributed by atoms with E-state index < -0.39 is 0 Å². The Balaban J connectivity index is 2.13. The molecule has 0 aliphatic heterocycles. The molecule has 0 heterocycles. The van der Waals surface area contributed by atoms with Gasteiger partial charge in [0.15, 0.2) is 0 Å². The molecule has 21 heavy (non-hydrogen) atoms. The van der Waals surface area contributed by atoms with Gasteiger partial charge in [-0.05, 0) is 58.7 Å². The van der Waals surface area contributed by atoms with Gasteiger partial charge in [-0.2, -0.15) is 0 Å². The van der Waals surface area contributed by atoms with Crippen molar-refractivity contribution in [3.8, 4) is 0 Å². The maximum Gasteiger partial charge on any atom is 0.315 e. The quantitative estimate of drug-likeness (QED) is 0.610. The number of rotatable bonds is 9. The molecule has 5 nitrogen and oxygen atoms in total. The lowest BCUT2D eigenvalue weighted by Crippen LogP contribution is -2.47. The second-order valence-corrected chi connectivity index (χ2v) is 6.08. The number of hydrogen-bond acceptors (Lipinski definition) is 3. The normalized spacial score (nSPS) is 22.3. The highest BCUT2D eigenvalue weighted by atomic mass is 16.2. The van der Waals surface area contributed by atoms with E-state index in [0.717, 1.165) is 51.9 Å². The molecule has 1 saturated carbocycles. The van der Waals surface area contributed by atoms with Crippen molar-refractivity contribution >= 4 is 6.03 Å². The Morgan fingerprint density at radius 2 is 1.57 bits per heavy atom. The van der Waals surface area contributed by atoms with Crippen LogP contribution in [0.3, 0.4) is 0 Å². The van der Waals surface area contributed by atoms with Crippen molar-refractivity contribution in [1.29, 1.82) is 0 Å². The van der Waals surface area contributed by atoms with Crippen LogP contribution in [0.5, 0.6) is 0 Å². The Hall–Kier alpha value is -0.810. The van der Waals surface area contributed by atoms with Gasteiger partial charge in [0.1, 0.15) is 0 Å². The van der Waals surface area contributed by atoms with Crippen LogP contribution in [0.4, 0.5) is 4.79 Å². The molecular weight excluding hydrogens is 264 g/mol. The van der Waals surface area contributed by atoms with Crippen LogP contribution in [0.15, 0.2) is 0 Å². The van der Waals surface area contributed by atoms with Crippen LogP contribution in [0.25, 0.3) is 0 Å². The highest BCUT2D eigenvalue weighted by molar-refractivity contribution is 5.74. The van der Waals surface area contributed by atoms with E-state index in [9.17, 15) is 4.79 Å². The van der Waals surface area contributed by atoms with Gasteiger partial charge in [-0.25, -0.2) is 4.79 Å². The van der Waals surface area contributed by atoms with Crippen molar-refractivity contribution < 1.29 is 4.79 Å². The minimum Gasteiger partial charge on any atom is -0.337 e. The smallest absolute Gasteiger partial charge is 0.315 e. The fourth-order valence-corrected chi connectivity index (χ4v) is 3.06. The highest BCUT2D eigenvalue weighted by Gasteiger charge is 2.21. The van der Waals surface area contributed by atoms with E-state index in [2.05, 4.69) is 34.7 Å². The number of amides is 2. The summed E-state index contributed by atoms with van der Waals surface area (Å²) >= 11 is 0. The minimum absolute atomic E-state index is 0.00384. The first-order valence-electron chi connectivity index (χ1n) is 8.63. The lowest BCUT2D eigenvalue weighted by Gasteiger charge is -2.29. The van der Waals surface area contributed by atoms with Gasteiger partial charge in [0, 0.05) is 25.2 Å². The average molecular weight is 298 g/mol. The molecule has 1 aliphatic rings. The SMILES string of the molecule is CCCN(CCC)CCNC(=O)NC1CCC(NC)CC1. The van der Waals surface area contributed by atoms with Gasteiger partial charge in [-0.1, -0.05) is 13.8 Å². The molecule has 1 rings (SSSR count). The van der Waals surface area contributed by atoms with Crippen molar-refractivity contribution in [3.05, 3.63) is 0 Å². The van der Waals surface area contributed by atoms with E-state index in [1.165, 1.54) is 12.8 Å². The summed E-state index contributed by atoms with van der Waals surface area (Å²) in [6.07, 6.45) is 6.81. The monoisotopic (exact) mass is 298 g/mol. The molecule has 0 aromatic carbocycles. The van der Waals surface area contributed by atoms with Crippen molar-refractivity contribution in [2.24, 2.45) is 0 Å². The topological polar surface area (TPSA) is 56.4 Å². The molecule has 5 heteroatoms. The summed E-state index contributed by atoms with van der Waals surface area (Å²) in [5, 5.41) is 9.41. The lowest BCUT2D eigenvalue weighted by molar-refractivity contribution is 0.225. The van der Waals surface area contributed by atoms with E-state index in [-0.39, 0.29) is 6.03 Å². The third kappa shape index (κ3) is 7.67. The van der Waals surface area contributed by atoms with Crippen LogP contribution in [0.1, 0.15) is 52.4 Å². The molecular formula is C16H34N4O. The molecule has 0 aromatic rings. The van der Waals surface area contributed by atoms with Crippen molar-refractivity contribution in [2.75, 3.05) is 33.2 Å². The number of urea groups is 1. The second kappa shape index (κ2) is 10.9. The molecule has 0 spiro atoms. The van der Waals surface area contributed by atoms with Gasteiger partial charge in [0.05, 0.1) is 0 Å². The van der Waals surface area contributed by atoms with Crippen LogP contribution >= 0.6 is 0 Å². The Labute approximate surface area is 130 Å². The summed E-state index contributed by atoms with van der Waals surface area (Å²) in [4.78, 5) is 14.3. The Morgan fingerprint density at radius 1 is 1.00 bits per heavy atom. The third-order valence-corrected chi connectivity index (χ3v) is 4.26. The van der Waals surface area contributed by atoms with Crippen LogP contribution in [0.2, 0.25) is 0 Å². The van der Waals surface area contributed by atoms with Gasteiger partial charge < -0.3 is 20.9 Å². The highest BCUT2D eigenvalue weighted by Crippen LogP contribution is 2.17. The van der Waals surface area contributed by atoms with Gasteiger partial charge in [0.2, 0.25) is 0 Å². The predicted molar refractivity (Wildman–Crippen MR) is 88.7 cm³/mol. The summed E-state index contributed by atoms with van der Waals surface area (Å²) in [5.41, 5.74) is 0. The van der Waals surface area contributed by atoms with Crippen LogP contribution in [-0.4, -0.2) is 56.2 Å². The van der Waals surface area contributed by atoms with E-state index in [4.69, 9.17) is 0 Å². The Bertz CT molecular complexity index is 271. The third-order valence-electron chi connectivity index (χ3n) is 4.26. The van der Waals surface area contributed by atoms with E-state index in [1.54, 1.807) is 0 Å². The molecule has 0 unspecified atom stereocenters. The number of nitrogens with zero attached hydrogens (tertiary/aromatic N) is 1. The summed E-state index contributed by atoms with van der Waals surface area (Å²) in [7, 11) is 2.02. The zero-order chi connectivity index (χ0) is 15.5. The van der Waals surface area contributed by atoms with Crippen LogP contribution < -0.4 is 16.0 Å². The van der Waals surface area contributed by atoms with E-state index in [0.29, 0.717) is 12.1 Å². The predicted octanol–water partition coefficient (Wildman–Crippen LogP) is 1.94. The maximum atomic E-state index is 11.9. The molecule has 1 aliphatic carbocycles. The van der Waals surface area contributed by atoms with Gasteiger partial charge >= 0.3 is 6.03 Å². The van der Waals surface area contributed by atoms with Gasteiger partial charge in [-0.3, -0.25) is 0 Å². The first-order chi connectivity index (χ1) is 10.2. The minimum atomic E-state index is -0.00384. The second-order valence-electron chi connectivity index (χ2n) is 6.08. The molecule has 3 N–H and O–H groups in total. The van der Waals surface area contributed by atoms with Crippen molar-refractivity contribution in [3.63, 3.8) is 0 Å². The summed E-state index contributed by atoms with van der Waals surface area (Å²) in [6, 6.07) is 0.968. The van der Waals surface area contributed by atoms with E-state index in [1.807, 2.05) is 7.05 Å². The summed E-state index contributed by atoms with van der Waals surface area (Å²) in [5.74, 6) is 0.